The summed E-state index contributed by atoms with van der Waals surface area (Å²) in [4.78, 5) is 10.1. The lowest BCUT2D eigenvalue weighted by Gasteiger charge is -2.00. The van der Waals surface area contributed by atoms with Crippen LogP contribution >= 0.6 is 15.9 Å². The van der Waals surface area contributed by atoms with Crippen LogP contribution in [0.25, 0.3) is 0 Å². The Morgan fingerprint density at radius 1 is 1.58 bits per heavy atom. The van der Waals surface area contributed by atoms with Crippen molar-refractivity contribution in [2.24, 2.45) is 0 Å². The molecule has 0 saturated carbocycles. The summed E-state index contributed by atoms with van der Waals surface area (Å²) in [6.07, 6.45) is -1.00. The van der Waals surface area contributed by atoms with Crippen LogP contribution in [0, 0.1) is 0 Å². The molecule has 1 rings (SSSR count). The highest BCUT2D eigenvalue weighted by Gasteiger charge is 1.95. The van der Waals surface area contributed by atoms with E-state index >= 15 is 0 Å². The Balaban J connectivity index is 2.57. The molecule has 0 saturated heterocycles. The van der Waals surface area contributed by atoms with Crippen molar-refractivity contribution in [2.45, 2.75) is 6.54 Å². The van der Waals surface area contributed by atoms with Gasteiger partial charge in [-0.3, -0.25) is 0 Å². The molecule has 0 aromatic heterocycles. The highest BCUT2D eigenvalue weighted by atomic mass is 79.9. The summed E-state index contributed by atoms with van der Waals surface area (Å²) in [7, 11) is 0. The van der Waals surface area contributed by atoms with E-state index in [1.54, 1.807) is 0 Å². The van der Waals surface area contributed by atoms with Crippen LogP contribution in [0.1, 0.15) is 5.56 Å². The number of carbonyl (C=O) groups is 1. The molecule has 2 N–H and O–H groups in total. The van der Waals surface area contributed by atoms with Crippen molar-refractivity contribution < 1.29 is 9.90 Å². The van der Waals surface area contributed by atoms with Gasteiger partial charge in [-0.25, -0.2) is 4.79 Å². The maximum Gasteiger partial charge on any atom is 0.404 e. The van der Waals surface area contributed by atoms with Gasteiger partial charge in [-0.2, -0.15) is 0 Å². The third-order valence-corrected chi connectivity index (χ3v) is 1.83. The molecule has 0 spiro atoms. The molecular weight excluding hydrogens is 222 g/mol. The summed E-state index contributed by atoms with van der Waals surface area (Å²) in [6, 6.07) is 7.49. The number of halogens is 1. The quantitative estimate of drug-likeness (QED) is 0.818. The lowest BCUT2D eigenvalue weighted by molar-refractivity contribution is 0.194. The summed E-state index contributed by atoms with van der Waals surface area (Å²) >= 11 is 3.29. The Morgan fingerprint density at radius 3 is 2.92 bits per heavy atom. The second-order valence-electron chi connectivity index (χ2n) is 2.29. The van der Waals surface area contributed by atoms with Crippen LogP contribution in [-0.2, 0) is 6.54 Å². The van der Waals surface area contributed by atoms with Crippen molar-refractivity contribution in [3.05, 3.63) is 34.3 Å². The molecule has 1 amide bonds. The molecule has 0 aliphatic carbocycles. The van der Waals surface area contributed by atoms with E-state index < -0.39 is 6.09 Å². The van der Waals surface area contributed by atoms with Crippen LogP contribution in [0.15, 0.2) is 28.7 Å². The Morgan fingerprint density at radius 2 is 2.33 bits per heavy atom. The van der Waals surface area contributed by atoms with E-state index in [0.717, 1.165) is 10.0 Å². The highest BCUT2D eigenvalue weighted by molar-refractivity contribution is 9.10. The van der Waals surface area contributed by atoms with Gasteiger partial charge in [0, 0.05) is 11.0 Å². The summed E-state index contributed by atoms with van der Waals surface area (Å²) in [6.45, 7) is 0.342. The fraction of sp³-hybridized carbons (Fsp3) is 0.125. The molecule has 0 radical (unpaired) electrons. The first-order valence-corrected chi connectivity index (χ1v) is 4.19. The number of hydrogen-bond donors (Lipinski definition) is 2. The summed E-state index contributed by atoms with van der Waals surface area (Å²) in [5.41, 5.74) is 0.937. The zero-order valence-corrected chi connectivity index (χ0v) is 7.84. The van der Waals surface area contributed by atoms with Gasteiger partial charge in [-0.1, -0.05) is 28.1 Å². The van der Waals surface area contributed by atoms with Crippen molar-refractivity contribution in [1.29, 1.82) is 0 Å². The molecule has 12 heavy (non-hydrogen) atoms. The van der Waals surface area contributed by atoms with E-state index in [1.165, 1.54) is 0 Å². The minimum atomic E-state index is -1.00. The number of hydrogen-bond acceptors (Lipinski definition) is 1. The number of carboxylic acid groups (broad SMARTS) is 1. The molecule has 3 nitrogen and oxygen atoms in total. The van der Waals surface area contributed by atoms with Gasteiger partial charge >= 0.3 is 6.09 Å². The smallest absolute Gasteiger partial charge is 0.404 e. The van der Waals surface area contributed by atoms with Crippen molar-refractivity contribution >= 4 is 22.0 Å². The minimum absolute atomic E-state index is 0.342. The number of benzene rings is 1. The second-order valence-corrected chi connectivity index (χ2v) is 3.20. The predicted molar refractivity (Wildman–Crippen MR) is 49.0 cm³/mol. The van der Waals surface area contributed by atoms with Gasteiger partial charge in [0.15, 0.2) is 0 Å². The van der Waals surface area contributed by atoms with Crippen LogP contribution in [0.2, 0.25) is 0 Å². The molecule has 0 atom stereocenters. The van der Waals surface area contributed by atoms with Crippen LogP contribution in [0.3, 0.4) is 0 Å². The van der Waals surface area contributed by atoms with Crippen LogP contribution in [0.5, 0.6) is 0 Å². The van der Waals surface area contributed by atoms with Crippen LogP contribution in [0.4, 0.5) is 4.79 Å². The van der Waals surface area contributed by atoms with Crippen molar-refractivity contribution in [3.8, 4) is 0 Å². The third kappa shape index (κ3) is 2.92. The standard InChI is InChI=1S/C8H8BrNO2/c9-7-3-1-2-6(4-7)5-10-8(11)12/h1-4,10H,5H2,(H,11,12). The number of amides is 1. The van der Waals surface area contributed by atoms with Gasteiger partial charge in [0.2, 0.25) is 0 Å². The average molecular weight is 230 g/mol. The Kier molecular flexibility index (Phi) is 3.10. The van der Waals surface area contributed by atoms with E-state index in [1.807, 2.05) is 24.3 Å². The topological polar surface area (TPSA) is 49.3 Å². The van der Waals surface area contributed by atoms with E-state index in [-0.39, 0.29) is 0 Å². The molecule has 0 bridgehead atoms. The van der Waals surface area contributed by atoms with E-state index in [4.69, 9.17) is 5.11 Å². The molecule has 64 valence electrons. The summed E-state index contributed by atoms with van der Waals surface area (Å²) in [5.74, 6) is 0. The maximum absolute atomic E-state index is 10.1. The monoisotopic (exact) mass is 229 g/mol. The van der Waals surface area contributed by atoms with Gasteiger partial charge < -0.3 is 10.4 Å². The lowest BCUT2D eigenvalue weighted by Crippen LogP contribution is -2.19. The van der Waals surface area contributed by atoms with Gasteiger partial charge in [0.1, 0.15) is 0 Å². The van der Waals surface area contributed by atoms with E-state index in [9.17, 15) is 4.79 Å². The maximum atomic E-state index is 10.1. The largest absolute Gasteiger partial charge is 0.465 e. The third-order valence-electron chi connectivity index (χ3n) is 1.33. The molecule has 0 aliphatic heterocycles. The fourth-order valence-corrected chi connectivity index (χ4v) is 1.27. The van der Waals surface area contributed by atoms with Crippen LogP contribution < -0.4 is 5.32 Å². The summed E-state index contributed by atoms with van der Waals surface area (Å²) in [5, 5.41) is 10.6. The average Bonchev–Trinajstić information content (AvgIpc) is 2.01. The second kappa shape index (κ2) is 4.11. The minimum Gasteiger partial charge on any atom is -0.465 e. The normalized spacial score (nSPS) is 9.42. The highest BCUT2D eigenvalue weighted by Crippen LogP contribution is 2.10. The van der Waals surface area contributed by atoms with Gasteiger partial charge in [-0.15, -0.1) is 0 Å². The summed E-state index contributed by atoms with van der Waals surface area (Å²) < 4.78 is 0.951. The number of nitrogens with one attached hydrogen (secondary N) is 1. The van der Waals surface area contributed by atoms with Gasteiger partial charge in [-0.05, 0) is 17.7 Å². The lowest BCUT2D eigenvalue weighted by atomic mass is 10.2. The molecule has 0 aliphatic rings. The van der Waals surface area contributed by atoms with Gasteiger partial charge in [0.05, 0.1) is 0 Å². The van der Waals surface area contributed by atoms with E-state index in [0.29, 0.717) is 6.54 Å². The SMILES string of the molecule is O=C(O)NCc1cccc(Br)c1. The van der Waals surface area contributed by atoms with Crippen LogP contribution in [-0.4, -0.2) is 11.2 Å². The first-order chi connectivity index (χ1) is 5.68. The van der Waals surface area contributed by atoms with Crippen molar-refractivity contribution in [1.82, 2.24) is 5.32 Å². The number of rotatable bonds is 2. The molecule has 4 heteroatoms. The molecule has 0 heterocycles. The van der Waals surface area contributed by atoms with Crippen molar-refractivity contribution in [2.75, 3.05) is 0 Å². The molecule has 0 unspecified atom stereocenters. The first kappa shape index (κ1) is 9.06. The predicted octanol–water partition coefficient (Wildman–Crippen LogP) is 2.22. The van der Waals surface area contributed by atoms with Gasteiger partial charge in [0.25, 0.3) is 0 Å². The molecular formula is C8H8BrNO2. The Hall–Kier alpha value is -1.03. The molecule has 1 aromatic rings. The first-order valence-electron chi connectivity index (χ1n) is 3.40. The molecule has 0 fully saturated rings. The van der Waals surface area contributed by atoms with Crippen molar-refractivity contribution in [3.63, 3.8) is 0 Å². The fourth-order valence-electron chi connectivity index (χ4n) is 0.825. The Labute approximate surface area is 78.5 Å². The zero-order valence-electron chi connectivity index (χ0n) is 6.25. The Bertz CT molecular complexity index is 288. The molecule has 1 aromatic carbocycles. The zero-order chi connectivity index (χ0) is 8.97. The van der Waals surface area contributed by atoms with E-state index in [2.05, 4.69) is 21.2 Å².